The first kappa shape index (κ1) is 14.8. The maximum absolute atomic E-state index is 12.5. The monoisotopic (exact) mass is 318 g/mol. The third-order valence-electron chi connectivity index (χ3n) is 4.05. The Labute approximate surface area is 132 Å². The minimum atomic E-state index is -0.165. The fraction of sp³-hybridized carbons (Fsp3) is 0.400. The van der Waals surface area contributed by atoms with Crippen LogP contribution in [0.1, 0.15) is 39.8 Å². The lowest BCUT2D eigenvalue weighted by Gasteiger charge is -2.32. The molecule has 3 rings (SSSR count). The van der Waals surface area contributed by atoms with Crippen molar-refractivity contribution in [3.63, 3.8) is 0 Å². The van der Waals surface area contributed by atoms with Crippen molar-refractivity contribution in [1.82, 2.24) is 20.4 Å². The molecular formula is C15H18N4O2S. The van der Waals surface area contributed by atoms with Crippen LogP contribution in [0.5, 0.6) is 0 Å². The number of thiophene rings is 1. The third kappa shape index (κ3) is 2.76. The van der Waals surface area contributed by atoms with Crippen LogP contribution in [0.25, 0.3) is 0 Å². The van der Waals surface area contributed by atoms with E-state index in [1.165, 1.54) is 0 Å². The fourth-order valence-corrected chi connectivity index (χ4v) is 3.50. The number of hydrogen-bond donors (Lipinski definition) is 2. The van der Waals surface area contributed by atoms with Crippen molar-refractivity contribution in [2.45, 2.75) is 31.8 Å². The van der Waals surface area contributed by atoms with E-state index in [9.17, 15) is 9.59 Å². The quantitative estimate of drug-likeness (QED) is 0.901. The van der Waals surface area contributed by atoms with Crippen LogP contribution >= 0.6 is 11.3 Å². The molecule has 2 aromatic heterocycles. The summed E-state index contributed by atoms with van der Waals surface area (Å²) in [5.74, 6) is -0.116. The molecule has 6 nitrogen and oxygen atoms in total. The van der Waals surface area contributed by atoms with Crippen molar-refractivity contribution in [3.8, 4) is 0 Å². The van der Waals surface area contributed by atoms with Gasteiger partial charge in [0.1, 0.15) is 0 Å². The highest BCUT2D eigenvalue weighted by molar-refractivity contribution is 7.10. The summed E-state index contributed by atoms with van der Waals surface area (Å²) in [6.07, 6.45) is 2.64. The molecule has 2 N–H and O–H groups in total. The molecule has 0 unspecified atom stereocenters. The number of rotatable bonds is 3. The molecule has 0 saturated carbocycles. The first-order chi connectivity index (χ1) is 10.6. The maximum Gasteiger partial charge on any atom is 0.255 e. The van der Waals surface area contributed by atoms with Crippen LogP contribution in [0.2, 0.25) is 0 Å². The Morgan fingerprint density at radius 2 is 2.36 bits per heavy atom. The van der Waals surface area contributed by atoms with E-state index in [0.29, 0.717) is 18.4 Å². The molecule has 0 aliphatic carbocycles. The highest BCUT2D eigenvalue weighted by atomic mass is 32.1. The van der Waals surface area contributed by atoms with Crippen LogP contribution in [-0.4, -0.2) is 27.6 Å². The smallest absolute Gasteiger partial charge is 0.255 e. The molecule has 1 aliphatic heterocycles. The van der Waals surface area contributed by atoms with Gasteiger partial charge in [-0.25, -0.2) is 0 Å². The Kier molecular flexibility index (Phi) is 3.98. The number of aryl methyl sites for hydroxylation is 1. The Morgan fingerprint density at radius 1 is 1.55 bits per heavy atom. The number of carbonyl (C=O) groups is 2. The summed E-state index contributed by atoms with van der Waals surface area (Å²) < 4.78 is 1.67. The summed E-state index contributed by atoms with van der Waals surface area (Å²) in [6.45, 7) is 1.86. The number of carbonyl (C=O) groups excluding carboxylic acids is 2. The molecule has 2 aromatic rings. The minimum absolute atomic E-state index is 0.0291. The van der Waals surface area contributed by atoms with E-state index < -0.39 is 0 Å². The standard InChI is InChI=1S/C15H18N4O2S/c1-9-10(8-16-19(9)2)15(21)17-11-5-6-13(20)18-14(11)12-4-3-7-22-12/h3-4,7-8,11,14H,5-6H2,1-2H3,(H,17,21)(H,18,20)/t11-,14-/m1/s1. The molecular weight excluding hydrogens is 300 g/mol. The topological polar surface area (TPSA) is 76.0 Å². The molecule has 22 heavy (non-hydrogen) atoms. The van der Waals surface area contributed by atoms with Crippen molar-refractivity contribution < 1.29 is 9.59 Å². The Balaban J connectivity index is 1.79. The van der Waals surface area contributed by atoms with E-state index in [-0.39, 0.29) is 23.9 Å². The van der Waals surface area contributed by atoms with E-state index >= 15 is 0 Å². The Hall–Kier alpha value is -2.15. The number of amides is 2. The lowest BCUT2D eigenvalue weighted by atomic mass is 9.96. The molecule has 1 aliphatic rings. The zero-order valence-electron chi connectivity index (χ0n) is 12.5. The Bertz CT molecular complexity index is 692. The first-order valence-corrected chi connectivity index (χ1v) is 8.06. The van der Waals surface area contributed by atoms with Crippen molar-refractivity contribution in [2.24, 2.45) is 7.05 Å². The average Bonchev–Trinajstić information content (AvgIpc) is 3.12. The van der Waals surface area contributed by atoms with Crippen molar-refractivity contribution in [3.05, 3.63) is 39.8 Å². The highest BCUT2D eigenvalue weighted by Crippen LogP contribution is 2.27. The van der Waals surface area contributed by atoms with Crippen LogP contribution in [-0.2, 0) is 11.8 Å². The largest absolute Gasteiger partial charge is 0.347 e. The SMILES string of the molecule is Cc1c(C(=O)N[C@@H]2CCC(=O)N[C@H]2c2cccs2)cnn1C. The molecule has 0 aromatic carbocycles. The lowest BCUT2D eigenvalue weighted by molar-refractivity contribution is -0.123. The number of hydrogen-bond acceptors (Lipinski definition) is 4. The number of nitrogens with one attached hydrogen (secondary N) is 2. The summed E-state index contributed by atoms with van der Waals surface area (Å²) in [5, 5.41) is 12.1. The van der Waals surface area contributed by atoms with Crippen molar-refractivity contribution >= 4 is 23.2 Å². The maximum atomic E-state index is 12.5. The first-order valence-electron chi connectivity index (χ1n) is 7.18. The van der Waals surface area contributed by atoms with Crippen LogP contribution in [0, 0.1) is 6.92 Å². The number of nitrogens with zero attached hydrogens (tertiary/aromatic N) is 2. The second kappa shape index (κ2) is 5.92. The van der Waals surface area contributed by atoms with Gasteiger partial charge < -0.3 is 10.6 Å². The highest BCUT2D eigenvalue weighted by Gasteiger charge is 2.32. The van der Waals surface area contributed by atoms with Crippen molar-refractivity contribution in [1.29, 1.82) is 0 Å². The van der Waals surface area contributed by atoms with Gasteiger partial charge in [0.05, 0.1) is 23.8 Å². The predicted octanol–water partition coefficient (Wildman–Crippen LogP) is 1.54. The van der Waals surface area contributed by atoms with Crippen LogP contribution in [0.3, 0.4) is 0 Å². The molecule has 2 amide bonds. The van der Waals surface area contributed by atoms with Gasteiger partial charge in [0.2, 0.25) is 5.91 Å². The number of piperidine rings is 1. The van der Waals surface area contributed by atoms with Gasteiger partial charge in [-0.15, -0.1) is 11.3 Å². The van der Waals surface area contributed by atoms with Gasteiger partial charge in [0.15, 0.2) is 0 Å². The summed E-state index contributed by atoms with van der Waals surface area (Å²) >= 11 is 1.58. The molecule has 116 valence electrons. The number of aromatic nitrogens is 2. The summed E-state index contributed by atoms with van der Waals surface area (Å²) in [6, 6.07) is 3.66. The van der Waals surface area contributed by atoms with Gasteiger partial charge in [-0.05, 0) is 24.8 Å². The van der Waals surface area contributed by atoms with Crippen LogP contribution < -0.4 is 10.6 Å². The van der Waals surface area contributed by atoms with E-state index in [4.69, 9.17) is 0 Å². The van der Waals surface area contributed by atoms with Crippen molar-refractivity contribution in [2.75, 3.05) is 0 Å². The van der Waals surface area contributed by atoms with Crippen LogP contribution in [0.4, 0.5) is 0 Å². The molecule has 0 bridgehead atoms. The van der Waals surface area contributed by atoms with Gasteiger partial charge in [-0.2, -0.15) is 5.10 Å². The fourth-order valence-electron chi connectivity index (χ4n) is 2.66. The molecule has 3 heterocycles. The van der Waals surface area contributed by atoms with Gasteiger partial charge in [-0.3, -0.25) is 14.3 Å². The molecule has 1 saturated heterocycles. The van der Waals surface area contributed by atoms with E-state index in [2.05, 4.69) is 15.7 Å². The zero-order chi connectivity index (χ0) is 15.7. The lowest BCUT2D eigenvalue weighted by Crippen LogP contribution is -2.49. The molecule has 2 atom stereocenters. The van der Waals surface area contributed by atoms with Gasteiger partial charge >= 0.3 is 0 Å². The summed E-state index contributed by atoms with van der Waals surface area (Å²) in [5.41, 5.74) is 1.40. The normalized spacial score (nSPS) is 21.5. The van der Waals surface area contributed by atoms with E-state index in [1.54, 1.807) is 29.3 Å². The van der Waals surface area contributed by atoms with E-state index in [0.717, 1.165) is 10.6 Å². The summed E-state index contributed by atoms with van der Waals surface area (Å²) in [4.78, 5) is 25.2. The molecule has 0 radical (unpaired) electrons. The van der Waals surface area contributed by atoms with E-state index in [1.807, 2.05) is 24.4 Å². The molecule has 1 fully saturated rings. The van der Waals surface area contributed by atoms with Gasteiger partial charge in [-0.1, -0.05) is 6.07 Å². The second-order valence-electron chi connectivity index (χ2n) is 5.45. The zero-order valence-corrected chi connectivity index (χ0v) is 13.3. The van der Waals surface area contributed by atoms with Gasteiger partial charge in [0.25, 0.3) is 5.91 Å². The summed E-state index contributed by atoms with van der Waals surface area (Å²) in [7, 11) is 1.81. The molecule has 0 spiro atoms. The third-order valence-corrected chi connectivity index (χ3v) is 5.00. The predicted molar refractivity (Wildman–Crippen MR) is 83.6 cm³/mol. The van der Waals surface area contributed by atoms with Crippen LogP contribution in [0.15, 0.2) is 23.7 Å². The second-order valence-corrected chi connectivity index (χ2v) is 6.43. The minimum Gasteiger partial charge on any atom is -0.347 e. The van der Waals surface area contributed by atoms with Gasteiger partial charge in [0, 0.05) is 24.0 Å². The molecule has 7 heteroatoms. The average molecular weight is 318 g/mol. The Morgan fingerprint density at radius 3 is 3.00 bits per heavy atom.